The number of halogens is 1. The molecule has 2 rings (SSSR count). The molecular formula is C15H20FN3O3. The van der Waals surface area contributed by atoms with E-state index in [4.69, 9.17) is 10.5 Å². The number of benzene rings is 1. The van der Waals surface area contributed by atoms with Crippen LogP contribution in [0.1, 0.15) is 6.42 Å². The minimum absolute atomic E-state index is 0.0906. The fraction of sp³-hybridized carbons (Fsp3) is 0.467. The van der Waals surface area contributed by atoms with Crippen molar-refractivity contribution in [2.45, 2.75) is 12.5 Å². The van der Waals surface area contributed by atoms with Gasteiger partial charge in [-0.15, -0.1) is 0 Å². The maximum absolute atomic E-state index is 13.4. The first-order chi connectivity index (χ1) is 10.5. The molecule has 1 aliphatic rings. The van der Waals surface area contributed by atoms with E-state index in [-0.39, 0.29) is 31.2 Å². The molecule has 0 aliphatic carbocycles. The Kier molecular flexibility index (Phi) is 5.32. The number of amides is 2. The summed E-state index contributed by atoms with van der Waals surface area (Å²) >= 11 is 0. The second kappa shape index (κ2) is 7.22. The van der Waals surface area contributed by atoms with Crippen LogP contribution in [0.5, 0.6) is 5.75 Å². The molecule has 6 nitrogen and oxygen atoms in total. The second-order valence-corrected chi connectivity index (χ2v) is 5.27. The lowest BCUT2D eigenvalue weighted by Crippen LogP contribution is -2.58. The number of para-hydroxylation sites is 1. The highest BCUT2D eigenvalue weighted by molar-refractivity contribution is 5.82. The van der Waals surface area contributed by atoms with Crippen molar-refractivity contribution in [3.63, 3.8) is 0 Å². The normalized spacial score (nSPS) is 19.0. The SMILES string of the molecule is CN1CCN(C(=O)CCOc2ccccc2F)C[C@H]1C(N)=O. The Hall–Kier alpha value is -2.15. The van der Waals surface area contributed by atoms with E-state index < -0.39 is 17.8 Å². The average molecular weight is 309 g/mol. The lowest BCUT2D eigenvalue weighted by molar-refractivity contribution is -0.137. The molecule has 0 radical (unpaired) electrons. The fourth-order valence-electron chi connectivity index (χ4n) is 2.38. The van der Waals surface area contributed by atoms with E-state index >= 15 is 0 Å². The molecule has 0 bridgehead atoms. The second-order valence-electron chi connectivity index (χ2n) is 5.27. The Morgan fingerprint density at radius 2 is 2.09 bits per heavy atom. The summed E-state index contributed by atoms with van der Waals surface area (Å²) in [6.07, 6.45) is 0.129. The maximum Gasteiger partial charge on any atom is 0.236 e. The van der Waals surface area contributed by atoms with Gasteiger partial charge in [-0.1, -0.05) is 12.1 Å². The number of hydrogen-bond donors (Lipinski definition) is 1. The molecule has 1 aliphatic heterocycles. The number of ether oxygens (including phenoxy) is 1. The number of primary amides is 1. The minimum Gasteiger partial charge on any atom is -0.490 e. The van der Waals surface area contributed by atoms with Gasteiger partial charge in [0.25, 0.3) is 0 Å². The van der Waals surface area contributed by atoms with Gasteiger partial charge in [0.15, 0.2) is 11.6 Å². The predicted octanol–water partition coefficient (Wildman–Crippen LogP) is 0.222. The molecular weight excluding hydrogens is 289 g/mol. The van der Waals surface area contributed by atoms with Crippen LogP contribution in [-0.4, -0.2) is 60.9 Å². The number of carbonyl (C=O) groups excluding carboxylic acids is 2. The molecule has 1 heterocycles. The van der Waals surface area contributed by atoms with Crippen LogP contribution in [-0.2, 0) is 9.59 Å². The van der Waals surface area contributed by atoms with Crippen molar-refractivity contribution < 1.29 is 18.7 Å². The van der Waals surface area contributed by atoms with Crippen LogP contribution in [0.4, 0.5) is 4.39 Å². The highest BCUT2D eigenvalue weighted by atomic mass is 19.1. The molecule has 7 heteroatoms. The van der Waals surface area contributed by atoms with Gasteiger partial charge < -0.3 is 15.4 Å². The third-order valence-electron chi connectivity index (χ3n) is 3.74. The Labute approximate surface area is 128 Å². The summed E-state index contributed by atoms with van der Waals surface area (Å²) in [4.78, 5) is 26.9. The van der Waals surface area contributed by atoms with Gasteiger partial charge in [0.2, 0.25) is 11.8 Å². The summed E-state index contributed by atoms with van der Waals surface area (Å²) in [6, 6.07) is 5.58. The Bertz CT molecular complexity index is 553. The van der Waals surface area contributed by atoms with Crippen LogP contribution in [0.15, 0.2) is 24.3 Å². The summed E-state index contributed by atoms with van der Waals surface area (Å²) in [5.41, 5.74) is 5.33. The van der Waals surface area contributed by atoms with Gasteiger partial charge in [-0.2, -0.15) is 0 Å². The van der Waals surface area contributed by atoms with Crippen molar-refractivity contribution in [2.24, 2.45) is 5.73 Å². The Balaban J connectivity index is 1.82. The predicted molar refractivity (Wildman–Crippen MR) is 78.7 cm³/mol. The van der Waals surface area contributed by atoms with Gasteiger partial charge in [0.1, 0.15) is 6.04 Å². The van der Waals surface area contributed by atoms with Gasteiger partial charge in [-0.3, -0.25) is 14.5 Å². The average Bonchev–Trinajstić information content (AvgIpc) is 2.49. The van der Waals surface area contributed by atoms with E-state index in [2.05, 4.69) is 0 Å². The molecule has 0 unspecified atom stereocenters. The first-order valence-electron chi connectivity index (χ1n) is 7.13. The van der Waals surface area contributed by atoms with Gasteiger partial charge in [0, 0.05) is 19.6 Å². The molecule has 22 heavy (non-hydrogen) atoms. The topological polar surface area (TPSA) is 75.9 Å². The summed E-state index contributed by atoms with van der Waals surface area (Å²) in [7, 11) is 1.80. The molecule has 1 aromatic carbocycles. The van der Waals surface area contributed by atoms with Crippen molar-refractivity contribution in [3.8, 4) is 5.75 Å². The van der Waals surface area contributed by atoms with Crippen LogP contribution in [0.2, 0.25) is 0 Å². The number of nitrogens with two attached hydrogens (primary N) is 1. The van der Waals surface area contributed by atoms with Crippen LogP contribution < -0.4 is 10.5 Å². The monoisotopic (exact) mass is 309 g/mol. The molecule has 2 amide bonds. The zero-order valence-corrected chi connectivity index (χ0v) is 12.5. The Morgan fingerprint density at radius 3 is 2.77 bits per heavy atom. The van der Waals surface area contributed by atoms with Gasteiger partial charge in [0.05, 0.1) is 13.0 Å². The van der Waals surface area contributed by atoms with Crippen LogP contribution >= 0.6 is 0 Å². The largest absolute Gasteiger partial charge is 0.490 e. The highest BCUT2D eigenvalue weighted by Crippen LogP contribution is 2.16. The van der Waals surface area contributed by atoms with Crippen molar-refractivity contribution in [3.05, 3.63) is 30.1 Å². The lowest BCUT2D eigenvalue weighted by Gasteiger charge is -2.37. The van der Waals surface area contributed by atoms with Crippen molar-refractivity contribution >= 4 is 11.8 Å². The fourth-order valence-corrected chi connectivity index (χ4v) is 2.38. The molecule has 1 aromatic rings. The molecule has 0 spiro atoms. The first kappa shape index (κ1) is 16.2. The summed E-state index contributed by atoms with van der Waals surface area (Å²) in [5, 5.41) is 0. The van der Waals surface area contributed by atoms with E-state index in [1.54, 1.807) is 24.1 Å². The standard InChI is InChI=1S/C15H20FN3O3/c1-18-7-8-19(10-12(18)15(17)21)14(20)6-9-22-13-5-3-2-4-11(13)16/h2-5,12H,6-10H2,1H3,(H2,17,21)/t12-/m0/s1. The molecule has 1 atom stereocenters. The van der Waals surface area contributed by atoms with E-state index in [0.29, 0.717) is 13.1 Å². The molecule has 0 aromatic heterocycles. The highest BCUT2D eigenvalue weighted by Gasteiger charge is 2.30. The van der Waals surface area contributed by atoms with Gasteiger partial charge in [-0.25, -0.2) is 4.39 Å². The van der Waals surface area contributed by atoms with Crippen molar-refractivity contribution in [1.29, 1.82) is 0 Å². The summed E-state index contributed by atoms with van der Waals surface area (Å²) < 4.78 is 18.6. The van der Waals surface area contributed by atoms with Crippen molar-refractivity contribution in [1.82, 2.24) is 9.80 Å². The van der Waals surface area contributed by atoms with E-state index in [1.165, 1.54) is 12.1 Å². The lowest BCUT2D eigenvalue weighted by atomic mass is 10.1. The van der Waals surface area contributed by atoms with E-state index in [9.17, 15) is 14.0 Å². The third-order valence-corrected chi connectivity index (χ3v) is 3.74. The van der Waals surface area contributed by atoms with Crippen LogP contribution in [0, 0.1) is 5.82 Å². The van der Waals surface area contributed by atoms with E-state index in [1.807, 2.05) is 4.90 Å². The van der Waals surface area contributed by atoms with Gasteiger partial charge in [-0.05, 0) is 19.2 Å². The quantitative estimate of drug-likeness (QED) is 0.844. The molecule has 1 fully saturated rings. The number of rotatable bonds is 5. The number of piperazine rings is 1. The molecule has 2 N–H and O–H groups in total. The smallest absolute Gasteiger partial charge is 0.236 e. The number of hydrogen-bond acceptors (Lipinski definition) is 4. The first-order valence-corrected chi connectivity index (χ1v) is 7.13. The van der Waals surface area contributed by atoms with Crippen LogP contribution in [0.3, 0.4) is 0 Å². The van der Waals surface area contributed by atoms with E-state index in [0.717, 1.165) is 0 Å². The summed E-state index contributed by atoms with van der Waals surface area (Å²) in [6.45, 7) is 1.50. The molecule has 1 saturated heterocycles. The Morgan fingerprint density at radius 1 is 1.36 bits per heavy atom. The minimum atomic E-state index is -0.467. The zero-order chi connectivity index (χ0) is 16.1. The molecule has 0 saturated carbocycles. The van der Waals surface area contributed by atoms with Crippen LogP contribution in [0.25, 0.3) is 0 Å². The number of likely N-dealkylation sites (N-methyl/N-ethyl adjacent to an activating group) is 1. The third kappa shape index (κ3) is 3.94. The van der Waals surface area contributed by atoms with Crippen molar-refractivity contribution in [2.75, 3.05) is 33.3 Å². The summed E-state index contributed by atoms with van der Waals surface area (Å²) in [5.74, 6) is -0.898. The van der Waals surface area contributed by atoms with Gasteiger partial charge >= 0.3 is 0 Å². The maximum atomic E-state index is 13.4. The molecule has 120 valence electrons. The number of nitrogens with zero attached hydrogens (tertiary/aromatic N) is 2. The number of carbonyl (C=O) groups is 2. The zero-order valence-electron chi connectivity index (χ0n) is 12.5.